The molecule has 0 spiro atoms. The first-order chi connectivity index (χ1) is 17.6. The first kappa shape index (κ1) is 30.4. The summed E-state index contributed by atoms with van der Waals surface area (Å²) in [5.41, 5.74) is -1.17. The molecule has 0 bridgehead atoms. The molecule has 0 saturated heterocycles. The molecule has 0 aromatic carbocycles. The molecule has 0 radical (unpaired) electrons. The summed E-state index contributed by atoms with van der Waals surface area (Å²) in [6, 6.07) is 0. The van der Waals surface area contributed by atoms with Gasteiger partial charge in [-0.1, -0.05) is 32.9 Å². The molecule has 4 rings (SSSR count). The maximum absolute atomic E-state index is 12.3. The molecule has 0 amide bonds. The second kappa shape index (κ2) is 10.7. The average molecular weight is 559 g/mol. The van der Waals surface area contributed by atoms with Crippen LogP contribution in [0.1, 0.15) is 91.9 Å². The third-order valence-electron chi connectivity index (χ3n) is 12.0. The van der Waals surface area contributed by atoms with Crippen LogP contribution in [-0.2, 0) is 14.6 Å². The molecule has 0 aromatic rings. The molecule has 4 fully saturated rings. The monoisotopic (exact) mass is 558 g/mol. The van der Waals surface area contributed by atoms with Gasteiger partial charge in [0.15, 0.2) is 0 Å². The molecule has 12 atom stereocenters. The number of hydrogen-bond donors (Lipinski definition) is 5. The number of fused-ring (bicyclic) bond motifs is 5. The maximum atomic E-state index is 12.3. The fourth-order valence-corrected chi connectivity index (χ4v) is 10.5. The first-order valence-electron chi connectivity index (χ1n) is 14.6. The number of rotatable bonds is 9. The quantitative estimate of drug-likeness (QED) is 0.212. The van der Waals surface area contributed by atoms with E-state index in [-0.39, 0.29) is 48.0 Å². The van der Waals surface area contributed by atoms with Crippen LogP contribution < -0.4 is 0 Å². The number of aliphatic hydroxyl groups is 4. The van der Waals surface area contributed by atoms with E-state index in [9.17, 15) is 33.4 Å². The van der Waals surface area contributed by atoms with Crippen molar-refractivity contribution >= 4 is 10.4 Å². The fourth-order valence-electron chi connectivity index (χ4n) is 9.96. The molecule has 0 aliphatic heterocycles. The molecule has 4 aliphatic carbocycles. The summed E-state index contributed by atoms with van der Waals surface area (Å²) >= 11 is 0. The van der Waals surface area contributed by atoms with Crippen molar-refractivity contribution in [3.63, 3.8) is 0 Å². The molecule has 0 aromatic heterocycles. The van der Waals surface area contributed by atoms with Crippen molar-refractivity contribution in [3.05, 3.63) is 12.2 Å². The molecule has 8 nitrogen and oxygen atoms in total. The molecular weight excluding hydrogens is 508 g/mol. The van der Waals surface area contributed by atoms with Gasteiger partial charge in [0.25, 0.3) is 0 Å². The van der Waals surface area contributed by atoms with E-state index >= 15 is 0 Å². The number of hydrogen-bond acceptors (Lipinski definition) is 7. The second-order valence-electron chi connectivity index (χ2n) is 13.6. The standard InChI is InChI=1S/C29H50O8S/c1-6-19(17(2)3)8-7-18(4)29(33)14-24(32)26-21-10-9-20-13-23(31)25(37-38(34,35)36)15-27(20,5)22(21)11-12-28(26,29)16-30/h18-26,30-33H,2,6-16H2,1,3-5H3,(H,34,35,36). The Morgan fingerprint density at radius 3 is 2.39 bits per heavy atom. The molecule has 0 heterocycles. The SMILES string of the molecule is C=C(C)C(CC)CCC(C)C1(O)CC(O)C2C3CCC4CC(O)C(OS(=O)(=O)O)CC4(C)C3CCC21CO. The van der Waals surface area contributed by atoms with Crippen LogP contribution in [-0.4, -0.2) is 63.9 Å². The predicted octanol–water partition coefficient (Wildman–Crippen LogP) is 3.88. The molecular formula is C29H50O8S. The van der Waals surface area contributed by atoms with Crippen molar-refractivity contribution in [2.75, 3.05) is 6.61 Å². The molecule has 5 N–H and O–H groups in total. The summed E-state index contributed by atoms with van der Waals surface area (Å²) in [7, 11) is -4.70. The zero-order chi connectivity index (χ0) is 28.3. The van der Waals surface area contributed by atoms with E-state index in [2.05, 4.69) is 27.4 Å². The average Bonchev–Trinajstić information content (AvgIpc) is 3.07. The third-order valence-corrected chi connectivity index (χ3v) is 12.5. The summed E-state index contributed by atoms with van der Waals surface area (Å²) in [6.07, 6.45) is 3.93. The Hall–Kier alpha value is -0.550. The highest BCUT2D eigenvalue weighted by Crippen LogP contribution is 2.69. The largest absolute Gasteiger partial charge is 0.397 e. The van der Waals surface area contributed by atoms with Crippen molar-refractivity contribution in [3.8, 4) is 0 Å². The van der Waals surface area contributed by atoms with Crippen molar-refractivity contribution < 1.29 is 37.6 Å². The van der Waals surface area contributed by atoms with Gasteiger partial charge in [0.1, 0.15) is 6.10 Å². The maximum Gasteiger partial charge on any atom is 0.397 e. The highest BCUT2D eigenvalue weighted by atomic mass is 32.3. The Morgan fingerprint density at radius 2 is 1.82 bits per heavy atom. The normalized spacial score (nSPS) is 46.5. The number of aliphatic hydroxyl groups excluding tert-OH is 3. The zero-order valence-corrected chi connectivity index (χ0v) is 24.4. The van der Waals surface area contributed by atoms with Crippen molar-refractivity contribution in [2.45, 2.75) is 116 Å². The van der Waals surface area contributed by atoms with E-state index in [1.165, 1.54) is 0 Å². The van der Waals surface area contributed by atoms with Crippen LogP contribution in [0.5, 0.6) is 0 Å². The summed E-state index contributed by atoms with van der Waals surface area (Å²) in [6.45, 7) is 12.3. The Bertz CT molecular complexity index is 985. The van der Waals surface area contributed by atoms with E-state index in [1.807, 2.05) is 6.92 Å². The van der Waals surface area contributed by atoms with Gasteiger partial charge in [-0.25, -0.2) is 4.18 Å². The minimum Gasteiger partial charge on any atom is -0.396 e. The van der Waals surface area contributed by atoms with Crippen LogP contribution in [0.25, 0.3) is 0 Å². The Morgan fingerprint density at radius 1 is 1.13 bits per heavy atom. The van der Waals surface area contributed by atoms with Crippen LogP contribution in [0.2, 0.25) is 0 Å². The second-order valence-corrected chi connectivity index (χ2v) is 14.7. The van der Waals surface area contributed by atoms with Crippen LogP contribution >= 0.6 is 0 Å². The van der Waals surface area contributed by atoms with Gasteiger partial charge in [0.05, 0.1) is 24.4 Å². The van der Waals surface area contributed by atoms with Gasteiger partial charge in [-0.2, -0.15) is 8.42 Å². The highest BCUT2D eigenvalue weighted by molar-refractivity contribution is 7.80. The van der Waals surface area contributed by atoms with E-state index in [0.717, 1.165) is 44.1 Å². The first-order valence-corrected chi connectivity index (χ1v) is 16.0. The lowest BCUT2D eigenvalue weighted by atomic mass is 9.43. The Balaban J connectivity index is 1.60. The summed E-state index contributed by atoms with van der Waals surface area (Å²) in [4.78, 5) is 0. The summed E-state index contributed by atoms with van der Waals surface area (Å²) < 4.78 is 37.2. The van der Waals surface area contributed by atoms with Crippen LogP contribution in [0.4, 0.5) is 0 Å². The summed E-state index contributed by atoms with van der Waals surface area (Å²) in [5.74, 6) is 0.403. The van der Waals surface area contributed by atoms with Gasteiger partial charge in [-0.05, 0) is 106 Å². The number of allylic oxidation sites excluding steroid dienone is 1. The van der Waals surface area contributed by atoms with Crippen molar-refractivity contribution in [2.24, 2.45) is 46.3 Å². The van der Waals surface area contributed by atoms with Gasteiger partial charge in [-0.15, -0.1) is 0 Å². The van der Waals surface area contributed by atoms with Gasteiger partial charge in [0, 0.05) is 11.8 Å². The zero-order valence-electron chi connectivity index (χ0n) is 23.6. The van der Waals surface area contributed by atoms with E-state index in [4.69, 9.17) is 4.18 Å². The predicted molar refractivity (Wildman–Crippen MR) is 144 cm³/mol. The van der Waals surface area contributed by atoms with Crippen molar-refractivity contribution in [1.29, 1.82) is 0 Å². The molecule has 220 valence electrons. The van der Waals surface area contributed by atoms with Gasteiger partial charge >= 0.3 is 10.4 Å². The van der Waals surface area contributed by atoms with Crippen LogP contribution in [0.15, 0.2) is 12.2 Å². The molecule has 4 saturated carbocycles. The van der Waals surface area contributed by atoms with E-state index in [1.54, 1.807) is 0 Å². The molecule has 4 aliphatic rings. The van der Waals surface area contributed by atoms with Gasteiger partial charge in [0.2, 0.25) is 0 Å². The Labute approximate surface area is 228 Å². The van der Waals surface area contributed by atoms with Crippen LogP contribution in [0.3, 0.4) is 0 Å². The minimum atomic E-state index is -4.70. The lowest BCUT2D eigenvalue weighted by Gasteiger charge is -2.63. The van der Waals surface area contributed by atoms with Gasteiger partial charge < -0.3 is 20.4 Å². The lowest BCUT2D eigenvalue weighted by Crippen LogP contribution is -2.62. The van der Waals surface area contributed by atoms with Crippen LogP contribution in [0, 0.1) is 46.3 Å². The van der Waals surface area contributed by atoms with E-state index < -0.39 is 39.7 Å². The fraction of sp³-hybridized carbons (Fsp3) is 0.931. The minimum absolute atomic E-state index is 0.0637. The smallest absolute Gasteiger partial charge is 0.396 e. The Kier molecular flexibility index (Phi) is 8.56. The molecule has 9 heteroatoms. The molecule has 38 heavy (non-hydrogen) atoms. The summed E-state index contributed by atoms with van der Waals surface area (Å²) in [5, 5.41) is 45.4. The lowest BCUT2D eigenvalue weighted by molar-refractivity contribution is -0.205. The van der Waals surface area contributed by atoms with Gasteiger partial charge in [-0.3, -0.25) is 4.55 Å². The molecule has 12 unspecified atom stereocenters. The third kappa shape index (κ3) is 4.92. The van der Waals surface area contributed by atoms with Crippen molar-refractivity contribution in [1.82, 2.24) is 0 Å². The van der Waals surface area contributed by atoms with E-state index in [0.29, 0.717) is 25.2 Å². The topological polar surface area (TPSA) is 145 Å². The highest BCUT2D eigenvalue weighted by Gasteiger charge is 2.70.